The van der Waals surface area contributed by atoms with Gasteiger partial charge in [0, 0.05) is 35.1 Å². The molecule has 0 aliphatic heterocycles. The summed E-state index contributed by atoms with van der Waals surface area (Å²) in [5, 5.41) is 12.1. The van der Waals surface area contributed by atoms with Crippen LogP contribution in [0.5, 0.6) is 0 Å². The number of aromatic nitrogens is 3. The Morgan fingerprint density at radius 3 is 2.72 bits per heavy atom. The van der Waals surface area contributed by atoms with E-state index in [1.165, 1.54) is 17.0 Å². The topological polar surface area (TPSA) is 113 Å². The summed E-state index contributed by atoms with van der Waals surface area (Å²) in [5.74, 6) is -0.229. The number of ether oxygens (including phenoxy) is 1. The Bertz CT molecular complexity index is 1510. The molecule has 9 heteroatoms. The Hall–Kier alpha value is -4.71. The summed E-state index contributed by atoms with van der Waals surface area (Å²) in [6.45, 7) is -0.414. The predicted molar refractivity (Wildman–Crippen MR) is 136 cm³/mol. The Labute approximate surface area is 213 Å². The minimum Gasteiger partial charge on any atom is -0.466 e. The van der Waals surface area contributed by atoms with E-state index in [0.717, 1.165) is 4.57 Å². The first-order valence-corrected chi connectivity index (χ1v) is 11.4. The third-order valence-electron chi connectivity index (χ3n) is 5.45. The molecule has 1 amide bonds. The van der Waals surface area contributed by atoms with Gasteiger partial charge in [-0.1, -0.05) is 6.07 Å². The normalized spacial score (nSPS) is 12.2. The number of rotatable bonds is 9. The van der Waals surface area contributed by atoms with Gasteiger partial charge in [0.2, 0.25) is 0 Å². The molecule has 0 spiro atoms. The molecule has 4 rings (SSSR count). The van der Waals surface area contributed by atoms with Crippen LogP contribution in [0.2, 0.25) is 0 Å². The van der Waals surface area contributed by atoms with Gasteiger partial charge < -0.3 is 14.6 Å². The summed E-state index contributed by atoms with van der Waals surface area (Å²) < 4.78 is 30.3. The highest BCUT2D eigenvalue weighted by Crippen LogP contribution is 2.21. The van der Waals surface area contributed by atoms with Crippen molar-refractivity contribution in [2.24, 2.45) is 6.98 Å². The fourth-order valence-electron chi connectivity index (χ4n) is 3.65. The molecule has 0 fully saturated rings. The Morgan fingerprint density at radius 2 is 2.03 bits per heavy atom. The first-order valence-electron chi connectivity index (χ1n) is 12.9. The van der Waals surface area contributed by atoms with Crippen molar-refractivity contribution in [3.05, 3.63) is 83.8 Å². The second-order valence-corrected chi connectivity index (χ2v) is 7.81. The molecule has 0 aliphatic rings. The standard InChI is InChI=1S/C27H26N6O3/c1-3-36-26(34)13-15-33(24-6-4-5-14-29-24)27(35)20-9-12-23-22(16-20)31-25(32(23)2)18-30-21-10-7-19(17-28)8-11-21/h4-12,14,16,30H,3,13,15,18H2,1-2H3/i2D3. The van der Waals surface area contributed by atoms with Crippen LogP contribution < -0.4 is 10.2 Å². The second-order valence-electron chi connectivity index (χ2n) is 7.81. The van der Waals surface area contributed by atoms with Gasteiger partial charge in [-0.3, -0.25) is 14.5 Å². The van der Waals surface area contributed by atoms with Crippen LogP contribution in [0.1, 0.15) is 39.2 Å². The number of carbonyl (C=O) groups excluding carboxylic acids is 2. The van der Waals surface area contributed by atoms with Gasteiger partial charge >= 0.3 is 5.97 Å². The number of amides is 1. The highest BCUT2D eigenvalue weighted by Gasteiger charge is 2.21. The fraction of sp³-hybridized carbons (Fsp3) is 0.222. The minimum absolute atomic E-state index is 0.0166. The number of benzene rings is 2. The Balaban J connectivity index is 1.65. The van der Waals surface area contributed by atoms with Crippen molar-refractivity contribution < 1.29 is 18.4 Å². The zero-order chi connectivity index (χ0) is 28.0. The van der Waals surface area contributed by atoms with Crippen LogP contribution in [0, 0.1) is 11.3 Å². The quantitative estimate of drug-likeness (QED) is 0.356. The van der Waals surface area contributed by atoms with Gasteiger partial charge in [-0.2, -0.15) is 5.26 Å². The zero-order valence-corrected chi connectivity index (χ0v) is 19.6. The maximum Gasteiger partial charge on any atom is 0.307 e. The summed E-state index contributed by atoms with van der Waals surface area (Å²) in [6, 6.07) is 18.5. The molecule has 182 valence electrons. The number of hydrogen-bond donors (Lipinski definition) is 1. The van der Waals surface area contributed by atoms with Gasteiger partial charge in [0.15, 0.2) is 0 Å². The molecule has 9 nitrogen and oxygen atoms in total. The number of nitrogens with one attached hydrogen (secondary N) is 1. The Morgan fingerprint density at radius 1 is 1.19 bits per heavy atom. The van der Waals surface area contributed by atoms with Crippen LogP contribution in [0.3, 0.4) is 0 Å². The van der Waals surface area contributed by atoms with Crippen LogP contribution in [0.25, 0.3) is 11.0 Å². The van der Waals surface area contributed by atoms with Gasteiger partial charge in [0.05, 0.1) is 42.2 Å². The number of nitrogens with zero attached hydrogens (tertiary/aromatic N) is 5. The molecule has 0 bridgehead atoms. The molecule has 2 aromatic heterocycles. The number of carbonyl (C=O) groups is 2. The van der Waals surface area contributed by atoms with E-state index in [0.29, 0.717) is 28.1 Å². The summed E-state index contributed by atoms with van der Waals surface area (Å²) in [7, 11) is 0. The average molecular weight is 486 g/mol. The smallest absolute Gasteiger partial charge is 0.307 e. The molecule has 1 N–H and O–H groups in total. The molecular formula is C27H26N6O3. The molecule has 0 saturated carbocycles. The van der Waals surface area contributed by atoms with Crippen molar-refractivity contribution in [1.29, 1.82) is 5.26 Å². The van der Waals surface area contributed by atoms with Crippen LogP contribution in [0.4, 0.5) is 11.5 Å². The monoisotopic (exact) mass is 485 g/mol. The molecule has 0 saturated heterocycles. The Kier molecular flexibility index (Phi) is 6.39. The summed E-state index contributed by atoms with van der Waals surface area (Å²) in [6.07, 6.45) is 1.53. The molecule has 2 aromatic carbocycles. The number of imidazole rings is 1. The lowest BCUT2D eigenvalue weighted by atomic mass is 10.1. The van der Waals surface area contributed by atoms with E-state index < -0.39 is 18.9 Å². The van der Waals surface area contributed by atoms with E-state index in [2.05, 4.69) is 15.3 Å². The van der Waals surface area contributed by atoms with Crippen LogP contribution >= 0.6 is 0 Å². The average Bonchev–Trinajstić information content (AvgIpc) is 3.31. The third kappa shape index (κ3) is 5.50. The van der Waals surface area contributed by atoms with Crippen molar-refractivity contribution in [1.82, 2.24) is 14.5 Å². The van der Waals surface area contributed by atoms with Gasteiger partial charge in [0.1, 0.15) is 11.6 Å². The number of fused-ring (bicyclic) bond motifs is 1. The maximum absolute atomic E-state index is 13.6. The third-order valence-corrected chi connectivity index (χ3v) is 5.45. The number of anilines is 2. The lowest BCUT2D eigenvalue weighted by Crippen LogP contribution is -2.34. The van der Waals surface area contributed by atoms with Gasteiger partial charge in [-0.05, 0) is 61.5 Å². The molecule has 36 heavy (non-hydrogen) atoms. The van der Waals surface area contributed by atoms with Crippen LogP contribution in [0.15, 0.2) is 66.9 Å². The number of pyridine rings is 1. The van der Waals surface area contributed by atoms with Gasteiger partial charge in [-0.25, -0.2) is 9.97 Å². The minimum atomic E-state index is -2.51. The summed E-state index contributed by atoms with van der Waals surface area (Å²) in [4.78, 5) is 35.7. The molecule has 0 unspecified atom stereocenters. The summed E-state index contributed by atoms with van der Waals surface area (Å²) in [5.41, 5.74) is 2.15. The first-order chi connectivity index (χ1) is 18.7. The van der Waals surface area contributed by atoms with Crippen molar-refractivity contribution in [2.75, 3.05) is 23.4 Å². The van der Waals surface area contributed by atoms with E-state index in [9.17, 15) is 9.59 Å². The largest absolute Gasteiger partial charge is 0.466 e. The van der Waals surface area contributed by atoms with E-state index in [1.807, 2.05) is 6.07 Å². The molecule has 4 aromatic rings. The molecular weight excluding hydrogens is 456 g/mol. The first kappa shape index (κ1) is 20.6. The SMILES string of the molecule is [2H]C([2H])([2H])n1c(CNc2ccc(C#N)cc2)nc2cc(C(=O)N(CCC(=O)OCC)c3ccccn3)ccc21. The van der Waals surface area contributed by atoms with Crippen molar-refractivity contribution in [3.63, 3.8) is 0 Å². The van der Waals surface area contributed by atoms with E-state index >= 15 is 0 Å². The van der Waals surface area contributed by atoms with Crippen molar-refractivity contribution >= 4 is 34.4 Å². The lowest BCUT2D eigenvalue weighted by molar-refractivity contribution is -0.142. The van der Waals surface area contributed by atoms with Gasteiger partial charge in [-0.15, -0.1) is 0 Å². The predicted octanol–water partition coefficient (Wildman–Crippen LogP) is 4.05. The number of nitriles is 1. The van der Waals surface area contributed by atoms with Gasteiger partial charge in [0.25, 0.3) is 5.91 Å². The van der Waals surface area contributed by atoms with E-state index in [-0.39, 0.29) is 37.5 Å². The molecule has 0 radical (unpaired) electrons. The van der Waals surface area contributed by atoms with E-state index in [4.69, 9.17) is 14.1 Å². The number of aryl methyl sites for hydroxylation is 1. The van der Waals surface area contributed by atoms with Crippen molar-refractivity contribution in [2.45, 2.75) is 19.9 Å². The maximum atomic E-state index is 13.6. The molecule has 0 aliphatic carbocycles. The zero-order valence-electron chi connectivity index (χ0n) is 22.6. The molecule has 0 atom stereocenters. The van der Waals surface area contributed by atoms with E-state index in [1.54, 1.807) is 61.7 Å². The lowest BCUT2D eigenvalue weighted by Gasteiger charge is -2.21. The highest BCUT2D eigenvalue weighted by atomic mass is 16.5. The number of esters is 1. The molecule has 2 heterocycles. The van der Waals surface area contributed by atoms with Crippen molar-refractivity contribution in [3.8, 4) is 6.07 Å². The van der Waals surface area contributed by atoms with Crippen LogP contribution in [-0.4, -0.2) is 39.6 Å². The highest BCUT2D eigenvalue weighted by molar-refractivity contribution is 6.07. The second kappa shape index (κ2) is 11.1. The number of hydrogen-bond acceptors (Lipinski definition) is 7. The fourth-order valence-corrected chi connectivity index (χ4v) is 3.65. The van der Waals surface area contributed by atoms with Crippen LogP contribution in [-0.2, 0) is 23.1 Å². The summed E-state index contributed by atoms with van der Waals surface area (Å²) >= 11 is 0.